The molecule has 4 heteroatoms. The number of hydrogen-bond acceptors (Lipinski definition) is 1. The minimum Gasteiger partial charge on any atom is -0.353 e. The molecule has 2 nitrogen and oxygen atoms in total. The maximum atomic E-state index is 13.4. The molecule has 0 amide bonds. The minimum atomic E-state index is -0.514. The molecule has 1 aromatic heterocycles. The highest BCUT2D eigenvalue weighted by Gasteiger charge is 2.13. The largest absolute Gasteiger partial charge is 0.353 e. The number of hydrogen-bond donors (Lipinski definition) is 1. The minimum absolute atomic E-state index is 0.203. The normalized spacial score (nSPS) is 10.9. The van der Waals surface area contributed by atoms with Gasteiger partial charge in [0.25, 0.3) is 0 Å². The molecule has 0 fully saturated rings. The fraction of sp³-hybridized carbons (Fsp3) is 0.0625. The van der Waals surface area contributed by atoms with E-state index in [9.17, 15) is 9.18 Å². The lowest BCUT2D eigenvalue weighted by molar-refractivity contribution is 0.629. The average molecular weight is 288 g/mol. The molecule has 0 aliphatic carbocycles. The molecule has 3 aromatic rings. The maximum absolute atomic E-state index is 13.4. The molecular weight excluding hydrogens is 277 g/mol. The van der Waals surface area contributed by atoms with Gasteiger partial charge in [-0.1, -0.05) is 41.9 Å². The van der Waals surface area contributed by atoms with E-state index in [1.165, 1.54) is 12.1 Å². The molecular formula is C16H11ClFNO. The predicted molar refractivity (Wildman–Crippen MR) is 79.7 cm³/mol. The first kappa shape index (κ1) is 12.9. The molecule has 0 bridgehead atoms. The summed E-state index contributed by atoms with van der Waals surface area (Å²) >= 11 is 6.04. The first-order chi connectivity index (χ1) is 9.58. The molecule has 2 aromatic carbocycles. The van der Waals surface area contributed by atoms with Gasteiger partial charge in [-0.25, -0.2) is 4.39 Å². The van der Waals surface area contributed by atoms with Crippen LogP contribution in [0.1, 0.15) is 5.56 Å². The summed E-state index contributed by atoms with van der Waals surface area (Å²) in [5.41, 5.74) is 2.40. The Balaban J connectivity index is 2.42. The zero-order chi connectivity index (χ0) is 14.3. The number of pyridine rings is 1. The predicted octanol–water partition coefficient (Wildman–Crippen LogP) is 4.30. The molecule has 0 aliphatic rings. The Morgan fingerprint density at radius 3 is 2.55 bits per heavy atom. The Bertz CT molecular complexity index is 856. The summed E-state index contributed by atoms with van der Waals surface area (Å²) in [6, 6.07) is 11.9. The lowest BCUT2D eigenvalue weighted by atomic mass is 10.0. The van der Waals surface area contributed by atoms with Gasteiger partial charge in [0.15, 0.2) is 5.43 Å². The van der Waals surface area contributed by atoms with Crippen molar-refractivity contribution in [3.63, 3.8) is 0 Å². The highest BCUT2D eigenvalue weighted by Crippen LogP contribution is 2.26. The van der Waals surface area contributed by atoms with Crippen molar-refractivity contribution in [1.29, 1.82) is 0 Å². The van der Waals surface area contributed by atoms with E-state index >= 15 is 0 Å². The van der Waals surface area contributed by atoms with Gasteiger partial charge in [0, 0.05) is 5.56 Å². The van der Waals surface area contributed by atoms with Crippen LogP contribution in [0, 0.1) is 12.7 Å². The quantitative estimate of drug-likeness (QED) is 0.711. The van der Waals surface area contributed by atoms with E-state index in [1.807, 2.05) is 30.3 Å². The van der Waals surface area contributed by atoms with Gasteiger partial charge in [-0.15, -0.1) is 0 Å². The topological polar surface area (TPSA) is 32.9 Å². The molecule has 0 saturated heterocycles. The third-order valence-electron chi connectivity index (χ3n) is 3.33. The van der Waals surface area contributed by atoms with Gasteiger partial charge in [0.1, 0.15) is 5.82 Å². The second kappa shape index (κ2) is 4.76. The van der Waals surface area contributed by atoms with Crippen LogP contribution in [-0.4, -0.2) is 4.98 Å². The van der Waals surface area contributed by atoms with Crippen molar-refractivity contribution >= 4 is 22.5 Å². The van der Waals surface area contributed by atoms with E-state index in [-0.39, 0.29) is 15.8 Å². The van der Waals surface area contributed by atoms with E-state index in [0.29, 0.717) is 16.8 Å². The molecule has 0 atom stereocenters. The van der Waals surface area contributed by atoms with Gasteiger partial charge in [0.05, 0.1) is 21.6 Å². The van der Waals surface area contributed by atoms with Crippen LogP contribution in [0.5, 0.6) is 0 Å². The molecule has 0 unspecified atom stereocenters. The number of fused-ring (bicyclic) bond motifs is 1. The number of nitrogens with one attached hydrogen (secondary N) is 1. The van der Waals surface area contributed by atoms with Crippen LogP contribution in [0.4, 0.5) is 4.39 Å². The van der Waals surface area contributed by atoms with E-state index in [2.05, 4.69) is 4.98 Å². The van der Waals surface area contributed by atoms with Gasteiger partial charge in [-0.3, -0.25) is 4.79 Å². The van der Waals surface area contributed by atoms with Crippen LogP contribution in [-0.2, 0) is 0 Å². The molecule has 0 spiro atoms. The highest BCUT2D eigenvalue weighted by atomic mass is 35.5. The SMILES string of the molecule is Cc1c(-c2ccccc2)[nH]c2c(Cl)cc(F)cc2c1=O. The molecule has 20 heavy (non-hydrogen) atoms. The Kier molecular flexibility index (Phi) is 3.07. The first-order valence-electron chi connectivity index (χ1n) is 6.15. The Morgan fingerprint density at radius 1 is 1.15 bits per heavy atom. The molecule has 1 heterocycles. The van der Waals surface area contributed by atoms with Crippen molar-refractivity contribution in [3.05, 3.63) is 69.1 Å². The number of H-pyrrole nitrogens is 1. The van der Waals surface area contributed by atoms with Crippen LogP contribution in [0.2, 0.25) is 5.02 Å². The Labute approximate surface area is 119 Å². The van der Waals surface area contributed by atoms with Crippen molar-refractivity contribution < 1.29 is 4.39 Å². The van der Waals surface area contributed by atoms with Crippen molar-refractivity contribution in [1.82, 2.24) is 4.98 Å². The van der Waals surface area contributed by atoms with Crippen molar-refractivity contribution in [2.24, 2.45) is 0 Å². The molecule has 0 aliphatic heterocycles. The smallest absolute Gasteiger partial charge is 0.193 e. The summed E-state index contributed by atoms with van der Waals surface area (Å²) in [6.45, 7) is 1.72. The summed E-state index contributed by atoms with van der Waals surface area (Å²) in [5, 5.41) is 0.474. The van der Waals surface area contributed by atoms with Gasteiger partial charge in [-0.05, 0) is 24.6 Å². The third kappa shape index (κ3) is 2.00. The van der Waals surface area contributed by atoms with Crippen LogP contribution in [0.25, 0.3) is 22.2 Å². The standard InChI is InChI=1S/C16H11ClFNO/c1-9-14(10-5-3-2-4-6-10)19-15-12(16(9)20)7-11(18)8-13(15)17/h2-8H,1H3,(H,19,20). The third-order valence-corrected chi connectivity index (χ3v) is 3.63. The van der Waals surface area contributed by atoms with Crippen LogP contribution < -0.4 is 5.43 Å². The summed E-state index contributed by atoms with van der Waals surface area (Å²) in [6.07, 6.45) is 0. The summed E-state index contributed by atoms with van der Waals surface area (Å²) in [5.74, 6) is -0.514. The number of aromatic nitrogens is 1. The van der Waals surface area contributed by atoms with Crippen molar-refractivity contribution in [2.75, 3.05) is 0 Å². The molecule has 100 valence electrons. The summed E-state index contributed by atoms with van der Waals surface area (Å²) in [4.78, 5) is 15.5. The van der Waals surface area contributed by atoms with E-state index < -0.39 is 5.82 Å². The lowest BCUT2D eigenvalue weighted by Crippen LogP contribution is -2.10. The van der Waals surface area contributed by atoms with Crippen LogP contribution >= 0.6 is 11.6 Å². The highest BCUT2D eigenvalue weighted by molar-refractivity contribution is 6.35. The van der Waals surface area contributed by atoms with Crippen LogP contribution in [0.3, 0.4) is 0 Å². The Hall–Kier alpha value is -2.13. The Morgan fingerprint density at radius 2 is 1.85 bits per heavy atom. The van der Waals surface area contributed by atoms with E-state index in [1.54, 1.807) is 6.92 Å². The van der Waals surface area contributed by atoms with Crippen molar-refractivity contribution in [3.8, 4) is 11.3 Å². The van der Waals surface area contributed by atoms with E-state index in [0.717, 1.165) is 5.56 Å². The number of aromatic amines is 1. The van der Waals surface area contributed by atoms with Gasteiger partial charge in [-0.2, -0.15) is 0 Å². The fourth-order valence-electron chi connectivity index (χ4n) is 2.31. The number of benzene rings is 2. The number of halogens is 2. The molecule has 1 N–H and O–H groups in total. The van der Waals surface area contributed by atoms with Gasteiger partial charge >= 0.3 is 0 Å². The number of rotatable bonds is 1. The second-order valence-electron chi connectivity index (χ2n) is 4.63. The lowest BCUT2D eigenvalue weighted by Gasteiger charge is -2.09. The van der Waals surface area contributed by atoms with Gasteiger partial charge < -0.3 is 4.98 Å². The van der Waals surface area contributed by atoms with Crippen LogP contribution in [0.15, 0.2) is 47.3 Å². The molecule has 0 saturated carbocycles. The molecule has 0 radical (unpaired) electrons. The zero-order valence-corrected chi connectivity index (χ0v) is 11.5. The second-order valence-corrected chi connectivity index (χ2v) is 5.04. The zero-order valence-electron chi connectivity index (χ0n) is 10.7. The summed E-state index contributed by atoms with van der Waals surface area (Å²) < 4.78 is 13.4. The van der Waals surface area contributed by atoms with E-state index in [4.69, 9.17) is 11.6 Å². The average Bonchev–Trinajstić information content (AvgIpc) is 2.44. The monoisotopic (exact) mass is 287 g/mol. The molecule has 3 rings (SSSR count). The first-order valence-corrected chi connectivity index (χ1v) is 6.53. The fourth-order valence-corrected chi connectivity index (χ4v) is 2.56. The van der Waals surface area contributed by atoms with Crippen molar-refractivity contribution in [2.45, 2.75) is 6.92 Å². The van der Waals surface area contributed by atoms with Gasteiger partial charge in [0.2, 0.25) is 0 Å². The maximum Gasteiger partial charge on any atom is 0.193 e. The summed E-state index contributed by atoms with van der Waals surface area (Å²) in [7, 11) is 0.